The van der Waals surface area contributed by atoms with Gasteiger partial charge in [-0.1, -0.05) is 5.21 Å². The van der Waals surface area contributed by atoms with E-state index in [-0.39, 0.29) is 30.2 Å². The predicted molar refractivity (Wildman–Crippen MR) is 127 cm³/mol. The molecule has 5 aromatic rings. The highest BCUT2D eigenvalue weighted by Gasteiger charge is 2.38. The lowest BCUT2D eigenvalue weighted by Gasteiger charge is -2.06. The van der Waals surface area contributed by atoms with Crippen LogP contribution < -0.4 is 5.32 Å². The Bertz CT molecular complexity index is 1710. The first-order valence-corrected chi connectivity index (χ1v) is 11.3. The molecule has 0 saturated heterocycles. The molecule has 0 unspecified atom stereocenters. The van der Waals surface area contributed by atoms with Gasteiger partial charge in [-0.15, -0.1) is 10.2 Å². The number of aromatic carboxylic acids is 1. The van der Waals surface area contributed by atoms with Crippen molar-refractivity contribution in [3.05, 3.63) is 77.8 Å². The summed E-state index contributed by atoms with van der Waals surface area (Å²) in [5.41, 5.74) is 0.391. The maximum atomic E-state index is 14.4. The number of carboxylic acid groups (broad SMARTS) is 2. The number of hydrogen-bond donors (Lipinski definition) is 4. The van der Waals surface area contributed by atoms with E-state index in [1.54, 1.807) is 12.1 Å². The minimum atomic E-state index is -5.08. The van der Waals surface area contributed by atoms with Gasteiger partial charge in [0.2, 0.25) is 11.7 Å². The van der Waals surface area contributed by atoms with E-state index in [0.717, 1.165) is 12.3 Å². The normalized spacial score (nSPS) is 11.0. The quantitative estimate of drug-likeness (QED) is 0.191. The van der Waals surface area contributed by atoms with E-state index in [1.165, 1.54) is 29.3 Å². The van der Waals surface area contributed by atoms with Gasteiger partial charge < -0.3 is 24.4 Å². The first kappa shape index (κ1) is 29.1. The molecule has 15 nitrogen and oxygen atoms in total. The maximum Gasteiger partial charge on any atom is 0.490 e. The summed E-state index contributed by atoms with van der Waals surface area (Å²) in [7, 11) is 0. The van der Waals surface area contributed by atoms with Crippen LogP contribution in [0.2, 0.25) is 0 Å². The SMILES string of the molecule is O=C(O)C(F)(F)F.O=C(O)c1coc(Cn2cc(-c3ccc(F)c(C(=O)NCc4nc(-c5ccco5)n[nH]4)c3)nn2)n1. The number of oxazole rings is 1. The summed E-state index contributed by atoms with van der Waals surface area (Å²) in [4.78, 5) is 40.5. The highest BCUT2D eigenvalue weighted by atomic mass is 19.4. The number of carbonyl (C=O) groups excluding carboxylic acids is 1. The molecule has 0 atom stereocenters. The van der Waals surface area contributed by atoms with Crippen LogP contribution in [0.1, 0.15) is 32.6 Å². The lowest BCUT2D eigenvalue weighted by atomic mass is 10.1. The number of aromatic nitrogens is 7. The number of nitrogens with zero attached hydrogens (tertiary/aromatic N) is 6. The number of nitrogens with one attached hydrogen (secondary N) is 2. The standard InChI is InChI=1S/C21H15FN8O5.C2HF3O2/c22-13-4-3-11(14-8-30(29-26-14)9-18-24-15(10-35-18)21(32)33)6-12(13)20(31)23-7-17-25-19(28-27-17)16-2-1-5-34-16;3-2(4,5)1(6)7/h1-6,8,10H,7,9H2,(H,23,31)(H,32,33)(H,25,27,28);(H,6,7). The van der Waals surface area contributed by atoms with Crippen molar-refractivity contribution >= 4 is 17.8 Å². The molecular weight excluding hydrogens is 576 g/mol. The monoisotopic (exact) mass is 592 g/mol. The summed E-state index contributed by atoms with van der Waals surface area (Å²) >= 11 is 0. The van der Waals surface area contributed by atoms with Crippen LogP contribution >= 0.6 is 0 Å². The van der Waals surface area contributed by atoms with Gasteiger partial charge in [-0.3, -0.25) is 9.89 Å². The van der Waals surface area contributed by atoms with Crippen molar-refractivity contribution in [2.75, 3.05) is 0 Å². The number of aliphatic carboxylic acids is 1. The van der Waals surface area contributed by atoms with Crippen molar-refractivity contribution in [3.63, 3.8) is 0 Å². The topological polar surface area (TPSA) is 215 Å². The molecule has 4 heterocycles. The number of carbonyl (C=O) groups is 3. The van der Waals surface area contributed by atoms with Crippen molar-refractivity contribution in [3.8, 4) is 22.8 Å². The molecule has 4 aromatic heterocycles. The van der Waals surface area contributed by atoms with Crippen LogP contribution in [-0.2, 0) is 17.9 Å². The first-order chi connectivity index (χ1) is 19.9. The maximum absolute atomic E-state index is 14.4. The third kappa shape index (κ3) is 7.20. The average molecular weight is 592 g/mol. The molecule has 0 aliphatic rings. The first-order valence-electron chi connectivity index (χ1n) is 11.3. The van der Waals surface area contributed by atoms with E-state index in [0.29, 0.717) is 28.7 Å². The minimum Gasteiger partial charge on any atom is -0.476 e. The number of halogens is 4. The molecular formula is C23H16F4N8O7. The Morgan fingerprint density at radius 1 is 1.10 bits per heavy atom. The van der Waals surface area contributed by atoms with Crippen molar-refractivity contribution in [2.45, 2.75) is 19.3 Å². The Kier molecular flexibility index (Phi) is 8.39. The van der Waals surface area contributed by atoms with Gasteiger partial charge >= 0.3 is 18.1 Å². The van der Waals surface area contributed by atoms with Gasteiger partial charge in [-0.25, -0.2) is 28.6 Å². The molecule has 0 saturated carbocycles. The third-order valence-corrected chi connectivity index (χ3v) is 5.05. The lowest BCUT2D eigenvalue weighted by Crippen LogP contribution is -2.24. The number of aromatic amines is 1. The fourth-order valence-corrected chi connectivity index (χ4v) is 3.14. The number of alkyl halides is 3. The molecule has 0 fully saturated rings. The Morgan fingerprint density at radius 3 is 2.50 bits per heavy atom. The summed E-state index contributed by atoms with van der Waals surface area (Å²) in [6.07, 6.45) is -1.04. The Hall–Kier alpha value is -5.88. The number of H-pyrrole nitrogens is 1. The molecule has 1 amide bonds. The Morgan fingerprint density at radius 2 is 1.86 bits per heavy atom. The van der Waals surface area contributed by atoms with Crippen LogP contribution in [0.25, 0.3) is 22.8 Å². The Labute approximate surface area is 229 Å². The smallest absolute Gasteiger partial charge is 0.476 e. The second-order valence-electron chi connectivity index (χ2n) is 8.00. The zero-order valence-corrected chi connectivity index (χ0v) is 20.7. The van der Waals surface area contributed by atoms with E-state index in [9.17, 15) is 27.2 Å². The second kappa shape index (κ2) is 12.1. The highest BCUT2D eigenvalue weighted by molar-refractivity contribution is 5.95. The van der Waals surface area contributed by atoms with Crippen molar-refractivity contribution in [1.82, 2.24) is 40.5 Å². The van der Waals surface area contributed by atoms with Gasteiger partial charge in [-0.05, 0) is 30.3 Å². The molecule has 0 aliphatic carbocycles. The minimum absolute atomic E-state index is 0.0130. The molecule has 218 valence electrons. The van der Waals surface area contributed by atoms with Gasteiger partial charge in [0.15, 0.2) is 11.5 Å². The van der Waals surface area contributed by atoms with Crippen LogP contribution in [0.3, 0.4) is 0 Å². The van der Waals surface area contributed by atoms with Gasteiger partial charge in [0.25, 0.3) is 5.91 Å². The number of furan rings is 1. The number of carboxylic acids is 2. The summed E-state index contributed by atoms with van der Waals surface area (Å²) in [6, 6.07) is 7.35. The molecule has 42 heavy (non-hydrogen) atoms. The van der Waals surface area contributed by atoms with E-state index in [4.69, 9.17) is 23.8 Å². The molecule has 19 heteroatoms. The molecule has 5 rings (SSSR count). The summed E-state index contributed by atoms with van der Waals surface area (Å²) in [6.45, 7) is 0.0207. The molecule has 0 aliphatic heterocycles. The fraction of sp³-hybridized carbons (Fsp3) is 0.130. The van der Waals surface area contributed by atoms with Crippen molar-refractivity contribution < 1.29 is 51.0 Å². The van der Waals surface area contributed by atoms with E-state index in [1.807, 2.05) is 0 Å². The zero-order valence-electron chi connectivity index (χ0n) is 20.7. The average Bonchev–Trinajstić information content (AvgIpc) is 3.75. The predicted octanol–water partition coefficient (Wildman–Crippen LogP) is 2.76. The summed E-state index contributed by atoms with van der Waals surface area (Å²) in [5.74, 6) is -4.05. The largest absolute Gasteiger partial charge is 0.490 e. The second-order valence-corrected chi connectivity index (χ2v) is 8.00. The third-order valence-electron chi connectivity index (χ3n) is 5.05. The molecule has 0 spiro atoms. The van der Waals surface area contributed by atoms with E-state index < -0.39 is 29.8 Å². The van der Waals surface area contributed by atoms with Crippen LogP contribution in [-0.4, -0.2) is 69.4 Å². The van der Waals surface area contributed by atoms with Crippen LogP contribution in [0.5, 0.6) is 0 Å². The molecule has 0 radical (unpaired) electrons. The van der Waals surface area contributed by atoms with Crippen LogP contribution in [0.4, 0.5) is 17.6 Å². The van der Waals surface area contributed by atoms with Crippen LogP contribution in [0.15, 0.2) is 57.9 Å². The van der Waals surface area contributed by atoms with Gasteiger partial charge in [0, 0.05) is 5.56 Å². The lowest BCUT2D eigenvalue weighted by molar-refractivity contribution is -0.192. The zero-order chi connectivity index (χ0) is 30.4. The fourth-order valence-electron chi connectivity index (χ4n) is 3.14. The van der Waals surface area contributed by atoms with E-state index in [2.05, 4.69) is 35.8 Å². The van der Waals surface area contributed by atoms with Gasteiger partial charge in [0.05, 0.1) is 24.6 Å². The molecule has 1 aromatic carbocycles. The van der Waals surface area contributed by atoms with Gasteiger partial charge in [-0.2, -0.15) is 13.2 Å². The summed E-state index contributed by atoms with van der Waals surface area (Å²) in [5, 5.41) is 33.3. The van der Waals surface area contributed by atoms with Gasteiger partial charge in [0.1, 0.15) is 30.1 Å². The Balaban J connectivity index is 0.000000517. The van der Waals surface area contributed by atoms with Crippen LogP contribution in [0, 0.1) is 5.82 Å². The summed E-state index contributed by atoms with van der Waals surface area (Å²) < 4.78 is 57.8. The number of hydrogen-bond acceptors (Lipinski definition) is 10. The molecule has 4 N–H and O–H groups in total. The number of benzene rings is 1. The number of amides is 1. The van der Waals surface area contributed by atoms with Crippen molar-refractivity contribution in [2.24, 2.45) is 0 Å². The highest BCUT2D eigenvalue weighted by Crippen LogP contribution is 2.21. The molecule has 0 bridgehead atoms. The van der Waals surface area contributed by atoms with Crippen molar-refractivity contribution in [1.29, 1.82) is 0 Å². The number of rotatable bonds is 8. The van der Waals surface area contributed by atoms with E-state index >= 15 is 0 Å².